The number of nitrogens with zero attached hydrogens (tertiary/aromatic N) is 4. The summed E-state index contributed by atoms with van der Waals surface area (Å²) in [5, 5.41) is 8.71. The molecule has 2 aromatic heterocycles. The van der Waals surface area contributed by atoms with Crippen LogP contribution in [0.15, 0.2) is 36.7 Å². The molecule has 0 N–H and O–H groups in total. The Hall–Kier alpha value is -2.27. The van der Waals surface area contributed by atoms with E-state index < -0.39 is 0 Å². The normalized spacial score (nSPS) is 10.7. The molecule has 20 heavy (non-hydrogen) atoms. The Kier molecular flexibility index (Phi) is 3.43. The minimum Gasteiger partial charge on any atom is -0.494 e. The molecule has 0 fully saturated rings. The summed E-state index contributed by atoms with van der Waals surface area (Å²) in [6, 6.07) is 7.37. The summed E-state index contributed by atoms with van der Waals surface area (Å²) in [7, 11) is 0. The van der Waals surface area contributed by atoms with Crippen LogP contribution >= 0.6 is 11.6 Å². The van der Waals surface area contributed by atoms with Gasteiger partial charge in [-0.05, 0) is 31.2 Å². The predicted molar refractivity (Wildman–Crippen MR) is 76.7 cm³/mol. The summed E-state index contributed by atoms with van der Waals surface area (Å²) >= 11 is 6.24. The lowest BCUT2D eigenvalue weighted by Crippen LogP contribution is -1.95. The van der Waals surface area contributed by atoms with Crippen molar-refractivity contribution in [2.45, 2.75) is 6.92 Å². The molecule has 0 spiro atoms. The van der Waals surface area contributed by atoms with Gasteiger partial charge >= 0.3 is 0 Å². The van der Waals surface area contributed by atoms with Crippen LogP contribution in [0.4, 0.5) is 0 Å². The second kappa shape index (κ2) is 5.38. The van der Waals surface area contributed by atoms with Gasteiger partial charge in [0.05, 0.1) is 24.5 Å². The molecule has 5 nitrogen and oxygen atoms in total. The second-order valence-corrected chi connectivity index (χ2v) is 4.44. The first-order valence-corrected chi connectivity index (χ1v) is 6.53. The monoisotopic (exact) mass is 286 g/mol. The molecule has 0 unspecified atom stereocenters. The van der Waals surface area contributed by atoms with Crippen molar-refractivity contribution in [3.63, 3.8) is 0 Å². The first-order chi connectivity index (χ1) is 9.78. The largest absolute Gasteiger partial charge is 0.494 e. The van der Waals surface area contributed by atoms with Crippen molar-refractivity contribution in [1.29, 1.82) is 0 Å². The number of aromatic nitrogens is 4. The van der Waals surface area contributed by atoms with E-state index in [0.29, 0.717) is 17.6 Å². The summed E-state index contributed by atoms with van der Waals surface area (Å²) < 4.78 is 5.45. The van der Waals surface area contributed by atoms with Crippen LogP contribution in [0.5, 0.6) is 5.75 Å². The molecule has 0 saturated carbocycles. The van der Waals surface area contributed by atoms with Gasteiger partial charge in [0.25, 0.3) is 0 Å². The topological polar surface area (TPSA) is 60.8 Å². The van der Waals surface area contributed by atoms with Crippen LogP contribution < -0.4 is 4.74 Å². The highest BCUT2D eigenvalue weighted by Crippen LogP contribution is 2.27. The van der Waals surface area contributed by atoms with Crippen LogP contribution in [0.25, 0.3) is 22.3 Å². The highest BCUT2D eigenvalue weighted by Gasteiger charge is 2.09. The minimum absolute atomic E-state index is 0.392. The lowest BCUT2D eigenvalue weighted by atomic mass is 10.2. The van der Waals surface area contributed by atoms with E-state index in [4.69, 9.17) is 16.3 Å². The maximum Gasteiger partial charge on any atom is 0.163 e. The molecule has 0 aliphatic carbocycles. The van der Waals surface area contributed by atoms with Crippen LogP contribution in [0.1, 0.15) is 6.92 Å². The highest BCUT2D eigenvalue weighted by atomic mass is 35.5. The standard InChI is InChI=1S/C14H11ClN4O/c1-2-20-10-3-4-12-11(7-10)13(15)19-14(18-12)9-5-6-16-17-8-9/h3-8H,2H2,1H3. The fourth-order valence-corrected chi connectivity index (χ4v) is 2.11. The maximum absolute atomic E-state index is 6.24. The third-order valence-electron chi connectivity index (χ3n) is 2.77. The zero-order chi connectivity index (χ0) is 13.9. The van der Waals surface area contributed by atoms with Crippen molar-refractivity contribution in [2.24, 2.45) is 0 Å². The molecular weight excluding hydrogens is 276 g/mol. The van der Waals surface area contributed by atoms with E-state index in [-0.39, 0.29) is 0 Å². The average molecular weight is 287 g/mol. The van der Waals surface area contributed by atoms with Gasteiger partial charge < -0.3 is 4.74 Å². The third kappa shape index (κ3) is 2.40. The van der Waals surface area contributed by atoms with Gasteiger partial charge in [-0.15, -0.1) is 0 Å². The quantitative estimate of drug-likeness (QED) is 0.692. The molecule has 0 amide bonds. The lowest BCUT2D eigenvalue weighted by molar-refractivity contribution is 0.340. The third-order valence-corrected chi connectivity index (χ3v) is 3.06. The number of fused-ring (bicyclic) bond motifs is 1. The van der Waals surface area contributed by atoms with Gasteiger partial charge in [0.15, 0.2) is 5.82 Å². The zero-order valence-electron chi connectivity index (χ0n) is 10.7. The predicted octanol–water partition coefficient (Wildman–Crippen LogP) is 3.14. The Bertz CT molecular complexity index is 749. The SMILES string of the molecule is CCOc1ccc2nc(-c3ccnnc3)nc(Cl)c2c1. The molecular formula is C14H11ClN4O. The van der Waals surface area contributed by atoms with Crippen molar-refractivity contribution in [3.05, 3.63) is 41.8 Å². The number of rotatable bonds is 3. The summed E-state index contributed by atoms with van der Waals surface area (Å²) in [6.45, 7) is 2.53. The Morgan fingerprint density at radius 1 is 1.15 bits per heavy atom. The van der Waals surface area contributed by atoms with E-state index in [9.17, 15) is 0 Å². The molecule has 0 atom stereocenters. The maximum atomic E-state index is 6.24. The van der Waals surface area contributed by atoms with Crippen LogP contribution in [0.2, 0.25) is 5.15 Å². The zero-order valence-corrected chi connectivity index (χ0v) is 11.5. The Labute approximate surface area is 120 Å². The summed E-state index contributed by atoms with van der Waals surface area (Å²) in [6.07, 6.45) is 3.20. The van der Waals surface area contributed by atoms with Gasteiger partial charge in [-0.2, -0.15) is 10.2 Å². The van der Waals surface area contributed by atoms with E-state index >= 15 is 0 Å². The average Bonchev–Trinajstić information content (AvgIpc) is 2.49. The summed E-state index contributed by atoms with van der Waals surface area (Å²) in [5.74, 6) is 1.28. The minimum atomic E-state index is 0.392. The first kappa shape index (κ1) is 12.7. The molecule has 3 aromatic rings. The first-order valence-electron chi connectivity index (χ1n) is 6.15. The van der Waals surface area contributed by atoms with Gasteiger partial charge in [-0.1, -0.05) is 11.6 Å². The summed E-state index contributed by atoms with van der Waals surface area (Å²) in [4.78, 5) is 8.79. The van der Waals surface area contributed by atoms with E-state index in [2.05, 4.69) is 20.2 Å². The smallest absolute Gasteiger partial charge is 0.163 e. The van der Waals surface area contributed by atoms with E-state index in [0.717, 1.165) is 22.2 Å². The fraction of sp³-hybridized carbons (Fsp3) is 0.143. The molecule has 0 aliphatic heterocycles. The summed E-state index contributed by atoms with van der Waals surface area (Å²) in [5.41, 5.74) is 1.54. The van der Waals surface area contributed by atoms with Gasteiger partial charge in [0.2, 0.25) is 0 Å². The molecule has 0 radical (unpaired) electrons. The molecule has 100 valence electrons. The molecule has 0 bridgehead atoms. The number of benzene rings is 1. The van der Waals surface area contributed by atoms with Gasteiger partial charge in [0, 0.05) is 10.9 Å². The lowest BCUT2D eigenvalue weighted by Gasteiger charge is -2.07. The van der Waals surface area contributed by atoms with Crippen LogP contribution in [-0.2, 0) is 0 Å². The fourth-order valence-electron chi connectivity index (χ4n) is 1.88. The Morgan fingerprint density at radius 2 is 2.05 bits per heavy atom. The molecule has 1 aromatic carbocycles. The number of hydrogen-bond acceptors (Lipinski definition) is 5. The Morgan fingerprint density at radius 3 is 2.80 bits per heavy atom. The van der Waals surface area contributed by atoms with Gasteiger partial charge in [-0.25, -0.2) is 9.97 Å². The van der Waals surface area contributed by atoms with Crippen LogP contribution in [0, 0.1) is 0 Å². The molecule has 0 aliphatic rings. The highest BCUT2D eigenvalue weighted by molar-refractivity contribution is 6.34. The van der Waals surface area contributed by atoms with Crippen LogP contribution in [0.3, 0.4) is 0 Å². The van der Waals surface area contributed by atoms with Gasteiger partial charge in [-0.3, -0.25) is 0 Å². The molecule has 2 heterocycles. The van der Waals surface area contributed by atoms with Crippen molar-refractivity contribution in [2.75, 3.05) is 6.61 Å². The molecule has 3 rings (SSSR count). The van der Waals surface area contributed by atoms with Crippen molar-refractivity contribution < 1.29 is 4.74 Å². The van der Waals surface area contributed by atoms with Crippen molar-refractivity contribution >= 4 is 22.5 Å². The molecule has 0 saturated heterocycles. The van der Waals surface area contributed by atoms with Gasteiger partial charge in [0.1, 0.15) is 10.9 Å². The number of ether oxygens (including phenoxy) is 1. The number of halogens is 1. The molecule has 6 heteroatoms. The van der Waals surface area contributed by atoms with E-state index in [1.807, 2.05) is 25.1 Å². The van der Waals surface area contributed by atoms with Crippen molar-refractivity contribution in [1.82, 2.24) is 20.2 Å². The van der Waals surface area contributed by atoms with Crippen LogP contribution in [-0.4, -0.2) is 26.8 Å². The number of hydrogen-bond donors (Lipinski definition) is 0. The second-order valence-electron chi connectivity index (χ2n) is 4.08. The van der Waals surface area contributed by atoms with E-state index in [1.165, 1.54) is 0 Å². The Balaban J connectivity index is 2.13. The van der Waals surface area contributed by atoms with Crippen molar-refractivity contribution in [3.8, 4) is 17.1 Å². The van der Waals surface area contributed by atoms with E-state index in [1.54, 1.807) is 18.5 Å².